The number of rotatable bonds is 5. The maximum absolute atomic E-state index is 9.15. The van der Waals surface area contributed by atoms with Gasteiger partial charge >= 0.3 is 0 Å². The van der Waals surface area contributed by atoms with Crippen LogP contribution in [0.25, 0.3) is 11.3 Å². The number of likely N-dealkylation sites (tertiary alicyclic amines) is 1. The summed E-state index contributed by atoms with van der Waals surface area (Å²) in [6.07, 6.45) is 4.12. The molecule has 1 atom stereocenters. The molecule has 2 N–H and O–H groups in total. The summed E-state index contributed by atoms with van der Waals surface area (Å²) in [5, 5.41) is 9.15. The Morgan fingerprint density at radius 2 is 2.38 bits per heavy atom. The molecule has 0 saturated carbocycles. The van der Waals surface area contributed by atoms with Gasteiger partial charge in [0.2, 0.25) is 0 Å². The topological polar surface area (TPSA) is 61.4 Å². The number of nitrogens with one attached hydrogen (secondary N) is 1. The highest BCUT2D eigenvalue weighted by atomic mass is 16.5. The van der Waals surface area contributed by atoms with Gasteiger partial charge in [-0.15, -0.1) is 0 Å². The van der Waals surface area contributed by atoms with Crippen molar-refractivity contribution >= 4 is 0 Å². The van der Waals surface area contributed by atoms with E-state index in [0.717, 1.165) is 42.2 Å². The van der Waals surface area contributed by atoms with Crippen molar-refractivity contribution in [1.29, 1.82) is 0 Å². The van der Waals surface area contributed by atoms with E-state index in [2.05, 4.69) is 14.9 Å². The van der Waals surface area contributed by atoms with E-state index in [9.17, 15) is 0 Å². The first-order valence-electron chi connectivity index (χ1n) is 7.36. The van der Waals surface area contributed by atoms with Crippen LogP contribution in [0.15, 0.2) is 30.5 Å². The van der Waals surface area contributed by atoms with E-state index in [4.69, 9.17) is 9.84 Å². The number of hydrogen-bond acceptors (Lipinski definition) is 4. The molecule has 112 valence electrons. The molecule has 3 rings (SSSR count). The average Bonchev–Trinajstić information content (AvgIpc) is 3.16. The van der Waals surface area contributed by atoms with Gasteiger partial charge in [-0.1, -0.05) is 12.1 Å². The van der Waals surface area contributed by atoms with E-state index < -0.39 is 0 Å². The molecule has 1 aromatic heterocycles. The third kappa shape index (κ3) is 2.94. The van der Waals surface area contributed by atoms with Crippen molar-refractivity contribution < 1.29 is 9.84 Å². The average molecular weight is 287 g/mol. The lowest BCUT2D eigenvalue weighted by atomic mass is 10.1. The highest BCUT2D eigenvalue weighted by Gasteiger charge is 2.27. The predicted octanol–water partition coefficient (Wildman–Crippen LogP) is 2.21. The normalized spacial score (nSPS) is 19.0. The van der Waals surface area contributed by atoms with Crippen LogP contribution in [0.5, 0.6) is 5.75 Å². The van der Waals surface area contributed by atoms with Gasteiger partial charge in [0.05, 0.1) is 31.6 Å². The monoisotopic (exact) mass is 287 g/mol. The number of aromatic amines is 1. The lowest BCUT2D eigenvalue weighted by Gasteiger charge is -2.21. The number of aliphatic hydroxyl groups is 1. The minimum Gasteiger partial charge on any atom is -0.497 e. The Hall–Kier alpha value is -1.85. The van der Waals surface area contributed by atoms with Crippen LogP contribution >= 0.6 is 0 Å². The van der Waals surface area contributed by atoms with Crippen molar-refractivity contribution in [2.75, 3.05) is 26.8 Å². The summed E-state index contributed by atoms with van der Waals surface area (Å²) < 4.78 is 5.26. The summed E-state index contributed by atoms with van der Waals surface area (Å²) in [4.78, 5) is 10.2. The van der Waals surface area contributed by atoms with Gasteiger partial charge in [-0.05, 0) is 31.5 Å². The van der Waals surface area contributed by atoms with Crippen molar-refractivity contribution in [3.63, 3.8) is 0 Å². The van der Waals surface area contributed by atoms with E-state index in [1.165, 1.54) is 0 Å². The van der Waals surface area contributed by atoms with Crippen molar-refractivity contribution in [1.82, 2.24) is 14.9 Å². The minimum absolute atomic E-state index is 0.194. The van der Waals surface area contributed by atoms with E-state index >= 15 is 0 Å². The van der Waals surface area contributed by atoms with Gasteiger partial charge in [-0.3, -0.25) is 4.90 Å². The summed E-state index contributed by atoms with van der Waals surface area (Å²) in [5.74, 6) is 1.82. The largest absolute Gasteiger partial charge is 0.497 e. The highest BCUT2D eigenvalue weighted by molar-refractivity contribution is 5.60. The van der Waals surface area contributed by atoms with Crippen LogP contribution in [-0.4, -0.2) is 46.8 Å². The smallest absolute Gasteiger partial charge is 0.123 e. The first-order valence-corrected chi connectivity index (χ1v) is 7.36. The number of ether oxygens (including phenoxy) is 1. The molecule has 2 heterocycles. The summed E-state index contributed by atoms with van der Waals surface area (Å²) in [6, 6.07) is 8.23. The molecule has 0 bridgehead atoms. The number of β-amino-alcohol motifs (C(OH)–C–C–N with tert-alkyl or cyclic N) is 1. The molecule has 0 spiro atoms. The first-order chi connectivity index (χ1) is 10.3. The van der Waals surface area contributed by atoms with E-state index in [0.29, 0.717) is 6.54 Å². The summed E-state index contributed by atoms with van der Waals surface area (Å²) in [5.41, 5.74) is 2.07. The van der Waals surface area contributed by atoms with Crippen LogP contribution in [0.2, 0.25) is 0 Å². The van der Waals surface area contributed by atoms with Crippen LogP contribution < -0.4 is 4.74 Å². The van der Waals surface area contributed by atoms with Crippen LogP contribution in [0.4, 0.5) is 0 Å². The molecule has 0 amide bonds. The fourth-order valence-corrected chi connectivity index (χ4v) is 2.98. The zero-order valence-electron chi connectivity index (χ0n) is 12.2. The molecule has 1 aliphatic rings. The van der Waals surface area contributed by atoms with Crippen LogP contribution in [-0.2, 0) is 0 Å². The molecule has 0 aliphatic carbocycles. The van der Waals surface area contributed by atoms with Gasteiger partial charge in [0.25, 0.3) is 0 Å². The molecule has 1 aliphatic heterocycles. The zero-order valence-corrected chi connectivity index (χ0v) is 12.2. The lowest BCUT2D eigenvalue weighted by molar-refractivity contribution is 0.182. The molecule has 21 heavy (non-hydrogen) atoms. The Labute approximate surface area is 124 Å². The van der Waals surface area contributed by atoms with Crippen molar-refractivity contribution in [2.45, 2.75) is 18.9 Å². The summed E-state index contributed by atoms with van der Waals surface area (Å²) in [7, 11) is 1.67. The molecule has 1 fully saturated rings. The minimum atomic E-state index is 0.194. The van der Waals surface area contributed by atoms with Gasteiger partial charge in [0, 0.05) is 12.1 Å². The van der Waals surface area contributed by atoms with Crippen LogP contribution in [0.1, 0.15) is 24.7 Å². The highest BCUT2D eigenvalue weighted by Crippen LogP contribution is 2.31. The molecule has 1 unspecified atom stereocenters. The molecular formula is C16H21N3O2. The van der Waals surface area contributed by atoms with Gasteiger partial charge < -0.3 is 14.8 Å². The lowest BCUT2D eigenvalue weighted by Crippen LogP contribution is -2.27. The van der Waals surface area contributed by atoms with Crippen LogP contribution in [0, 0.1) is 0 Å². The third-order valence-electron chi connectivity index (χ3n) is 4.04. The molecule has 5 heteroatoms. The number of nitrogens with zero attached hydrogens (tertiary/aromatic N) is 2. The Bertz CT molecular complexity index is 597. The number of aliphatic hydroxyl groups excluding tert-OH is 1. The SMILES string of the molecule is COc1cccc(-c2cnc(C3CCCN3CCO)[nH]2)c1. The van der Waals surface area contributed by atoms with Crippen molar-refractivity contribution in [3.05, 3.63) is 36.3 Å². The Morgan fingerprint density at radius 3 is 3.19 bits per heavy atom. The number of H-pyrrole nitrogens is 1. The van der Waals surface area contributed by atoms with Gasteiger partial charge in [-0.2, -0.15) is 0 Å². The van der Waals surface area contributed by atoms with Gasteiger partial charge in [0.1, 0.15) is 11.6 Å². The number of imidazole rings is 1. The number of methoxy groups -OCH3 is 1. The van der Waals surface area contributed by atoms with E-state index in [1.54, 1.807) is 7.11 Å². The third-order valence-corrected chi connectivity index (χ3v) is 4.04. The maximum atomic E-state index is 9.15. The standard InChI is InChI=1S/C16H21N3O2/c1-21-13-5-2-4-12(10-13)14-11-17-16(18-14)15-6-3-7-19(15)8-9-20/h2,4-5,10-11,15,20H,3,6-9H2,1H3,(H,17,18). The molecule has 1 aromatic carbocycles. The molecule has 0 radical (unpaired) electrons. The van der Waals surface area contributed by atoms with Crippen LogP contribution in [0.3, 0.4) is 0 Å². The predicted molar refractivity (Wildman–Crippen MR) is 81.2 cm³/mol. The van der Waals surface area contributed by atoms with Gasteiger partial charge in [0.15, 0.2) is 0 Å². The summed E-state index contributed by atoms with van der Waals surface area (Å²) in [6.45, 7) is 1.93. The molecule has 1 saturated heterocycles. The zero-order chi connectivity index (χ0) is 14.7. The van der Waals surface area contributed by atoms with E-state index in [-0.39, 0.29) is 12.6 Å². The van der Waals surface area contributed by atoms with Gasteiger partial charge in [-0.25, -0.2) is 4.98 Å². The van der Waals surface area contributed by atoms with Crippen molar-refractivity contribution in [3.8, 4) is 17.0 Å². The quantitative estimate of drug-likeness (QED) is 0.885. The second-order valence-electron chi connectivity index (χ2n) is 5.33. The Balaban J connectivity index is 1.82. The molecular weight excluding hydrogens is 266 g/mol. The first kappa shape index (κ1) is 14.1. The second-order valence-corrected chi connectivity index (χ2v) is 5.33. The fourth-order valence-electron chi connectivity index (χ4n) is 2.98. The fraction of sp³-hybridized carbons (Fsp3) is 0.438. The molecule has 5 nitrogen and oxygen atoms in total. The maximum Gasteiger partial charge on any atom is 0.123 e. The van der Waals surface area contributed by atoms with E-state index in [1.807, 2.05) is 30.5 Å². The summed E-state index contributed by atoms with van der Waals surface area (Å²) >= 11 is 0. The van der Waals surface area contributed by atoms with Crippen molar-refractivity contribution in [2.24, 2.45) is 0 Å². The number of hydrogen-bond donors (Lipinski definition) is 2. The Kier molecular flexibility index (Phi) is 4.22. The number of benzene rings is 1. The molecule has 2 aromatic rings. The number of aromatic nitrogens is 2. The Morgan fingerprint density at radius 1 is 1.48 bits per heavy atom. The second kappa shape index (κ2) is 6.28.